The van der Waals surface area contributed by atoms with Crippen LogP contribution in [0, 0.1) is 11.3 Å². The van der Waals surface area contributed by atoms with Gasteiger partial charge >= 0.3 is 0 Å². The van der Waals surface area contributed by atoms with E-state index in [1.807, 2.05) is 12.1 Å². The average molecular weight is 268 g/mol. The maximum absolute atomic E-state index is 8.74. The zero-order valence-corrected chi connectivity index (χ0v) is 10.3. The number of nitriles is 1. The monoisotopic (exact) mass is 267 g/mol. The van der Waals surface area contributed by atoms with Crippen molar-refractivity contribution in [3.8, 4) is 6.07 Å². The summed E-state index contributed by atoms with van der Waals surface area (Å²) >= 11 is 3.35. The van der Waals surface area contributed by atoms with E-state index < -0.39 is 0 Å². The molecule has 0 saturated carbocycles. The van der Waals surface area contributed by atoms with Crippen LogP contribution in [0.4, 0.5) is 5.69 Å². The number of nitrogens with one attached hydrogen (secondary N) is 2. The molecule has 1 aromatic rings. The van der Waals surface area contributed by atoms with Crippen molar-refractivity contribution in [1.82, 2.24) is 5.32 Å². The van der Waals surface area contributed by atoms with Crippen LogP contribution in [0.15, 0.2) is 22.7 Å². The molecule has 0 aromatic heterocycles. The summed E-state index contributed by atoms with van der Waals surface area (Å²) in [4.78, 5) is 0. The van der Waals surface area contributed by atoms with Gasteiger partial charge in [0.25, 0.3) is 0 Å². The van der Waals surface area contributed by atoms with Crippen molar-refractivity contribution in [3.63, 3.8) is 0 Å². The lowest BCUT2D eigenvalue weighted by Crippen LogP contribution is -2.21. The van der Waals surface area contributed by atoms with Gasteiger partial charge in [-0.25, -0.2) is 0 Å². The van der Waals surface area contributed by atoms with Gasteiger partial charge in [-0.15, -0.1) is 0 Å². The zero-order valence-electron chi connectivity index (χ0n) is 8.68. The van der Waals surface area contributed by atoms with E-state index in [1.165, 1.54) is 0 Å². The summed E-state index contributed by atoms with van der Waals surface area (Å²) in [6, 6.07) is 7.75. The molecule has 4 heteroatoms. The highest BCUT2D eigenvalue weighted by molar-refractivity contribution is 9.10. The SMILES string of the molecule is CCNCCNc1ccc(C#N)c(Br)c1. The first-order chi connectivity index (χ1) is 7.27. The predicted octanol–water partition coefficient (Wildman–Crippen LogP) is 2.34. The molecule has 0 aliphatic heterocycles. The second-order valence-electron chi connectivity index (χ2n) is 3.09. The highest BCUT2D eigenvalue weighted by Gasteiger charge is 1.99. The van der Waals surface area contributed by atoms with Crippen LogP contribution in [0.5, 0.6) is 0 Å². The lowest BCUT2D eigenvalue weighted by atomic mass is 10.2. The summed E-state index contributed by atoms with van der Waals surface area (Å²) in [6.45, 7) is 4.89. The van der Waals surface area contributed by atoms with Crippen LogP contribution in [0.25, 0.3) is 0 Å². The number of halogens is 1. The first-order valence-electron chi connectivity index (χ1n) is 4.92. The molecular weight excluding hydrogens is 254 g/mol. The van der Waals surface area contributed by atoms with Crippen molar-refractivity contribution in [2.24, 2.45) is 0 Å². The fourth-order valence-corrected chi connectivity index (χ4v) is 1.66. The van der Waals surface area contributed by atoms with Gasteiger partial charge in [0, 0.05) is 23.2 Å². The standard InChI is InChI=1S/C11H14BrN3/c1-2-14-5-6-15-10-4-3-9(8-13)11(12)7-10/h3-4,7,14-15H,2,5-6H2,1H3. The Morgan fingerprint density at radius 1 is 1.40 bits per heavy atom. The predicted molar refractivity (Wildman–Crippen MR) is 65.9 cm³/mol. The van der Waals surface area contributed by atoms with Gasteiger partial charge < -0.3 is 10.6 Å². The summed E-state index contributed by atoms with van der Waals surface area (Å²) in [5, 5.41) is 15.2. The van der Waals surface area contributed by atoms with Crippen LogP contribution >= 0.6 is 15.9 Å². The Balaban J connectivity index is 2.49. The van der Waals surface area contributed by atoms with Crippen molar-refractivity contribution in [3.05, 3.63) is 28.2 Å². The van der Waals surface area contributed by atoms with E-state index in [9.17, 15) is 0 Å². The first kappa shape index (κ1) is 12.0. The highest BCUT2D eigenvalue weighted by Crippen LogP contribution is 2.20. The fraction of sp³-hybridized carbons (Fsp3) is 0.364. The largest absolute Gasteiger partial charge is 0.384 e. The van der Waals surface area contributed by atoms with Gasteiger partial charge in [0.05, 0.1) is 5.56 Å². The Hall–Kier alpha value is -1.05. The molecule has 0 amide bonds. The number of rotatable bonds is 5. The van der Waals surface area contributed by atoms with Crippen LogP contribution in [0.2, 0.25) is 0 Å². The van der Waals surface area contributed by atoms with Crippen molar-refractivity contribution in [1.29, 1.82) is 5.26 Å². The average Bonchev–Trinajstić information content (AvgIpc) is 2.25. The topological polar surface area (TPSA) is 47.8 Å². The maximum Gasteiger partial charge on any atom is 0.100 e. The number of hydrogen-bond donors (Lipinski definition) is 2. The molecular formula is C11H14BrN3. The third-order valence-electron chi connectivity index (χ3n) is 1.97. The van der Waals surface area contributed by atoms with Crippen LogP contribution < -0.4 is 10.6 Å². The van der Waals surface area contributed by atoms with Crippen molar-refractivity contribution < 1.29 is 0 Å². The first-order valence-corrected chi connectivity index (χ1v) is 5.71. The van der Waals surface area contributed by atoms with E-state index in [4.69, 9.17) is 5.26 Å². The summed E-state index contributed by atoms with van der Waals surface area (Å²) in [6.07, 6.45) is 0. The number of likely N-dealkylation sites (N-methyl/N-ethyl adjacent to an activating group) is 1. The lowest BCUT2D eigenvalue weighted by Gasteiger charge is -2.07. The Bertz CT molecular complexity index is 357. The minimum atomic E-state index is 0.659. The molecule has 0 atom stereocenters. The van der Waals surface area contributed by atoms with Gasteiger partial charge in [-0.3, -0.25) is 0 Å². The van der Waals surface area contributed by atoms with Crippen molar-refractivity contribution in [2.75, 3.05) is 25.0 Å². The van der Waals surface area contributed by atoms with Gasteiger partial charge in [-0.05, 0) is 40.7 Å². The molecule has 0 saturated heterocycles. The van der Waals surface area contributed by atoms with Crippen LogP contribution in [0.1, 0.15) is 12.5 Å². The summed E-state index contributed by atoms with van der Waals surface area (Å²) in [5.74, 6) is 0. The summed E-state index contributed by atoms with van der Waals surface area (Å²) in [7, 11) is 0. The third-order valence-corrected chi connectivity index (χ3v) is 2.63. The Morgan fingerprint density at radius 2 is 2.20 bits per heavy atom. The van der Waals surface area contributed by atoms with Gasteiger partial charge in [-0.1, -0.05) is 6.92 Å². The van der Waals surface area contributed by atoms with E-state index in [-0.39, 0.29) is 0 Å². The highest BCUT2D eigenvalue weighted by atomic mass is 79.9. The van der Waals surface area contributed by atoms with E-state index in [2.05, 4.69) is 39.6 Å². The number of hydrogen-bond acceptors (Lipinski definition) is 3. The molecule has 0 radical (unpaired) electrons. The second kappa shape index (κ2) is 6.44. The fourth-order valence-electron chi connectivity index (χ4n) is 1.19. The molecule has 0 spiro atoms. The molecule has 0 aliphatic carbocycles. The molecule has 80 valence electrons. The molecule has 0 aliphatic rings. The molecule has 3 nitrogen and oxygen atoms in total. The minimum absolute atomic E-state index is 0.659. The molecule has 0 heterocycles. The van der Waals surface area contributed by atoms with Gasteiger partial charge in [0.1, 0.15) is 6.07 Å². The molecule has 0 unspecified atom stereocenters. The smallest absolute Gasteiger partial charge is 0.100 e. The Morgan fingerprint density at radius 3 is 2.80 bits per heavy atom. The van der Waals surface area contributed by atoms with Crippen LogP contribution in [-0.4, -0.2) is 19.6 Å². The lowest BCUT2D eigenvalue weighted by molar-refractivity contribution is 0.739. The van der Waals surface area contributed by atoms with Gasteiger partial charge in [0.2, 0.25) is 0 Å². The van der Waals surface area contributed by atoms with E-state index in [1.54, 1.807) is 6.07 Å². The molecule has 1 rings (SSSR count). The van der Waals surface area contributed by atoms with Gasteiger partial charge in [-0.2, -0.15) is 5.26 Å². The van der Waals surface area contributed by atoms with Crippen molar-refractivity contribution >= 4 is 21.6 Å². The Labute approximate surface area is 98.6 Å². The zero-order chi connectivity index (χ0) is 11.1. The molecule has 15 heavy (non-hydrogen) atoms. The maximum atomic E-state index is 8.74. The molecule has 0 fully saturated rings. The number of nitrogens with zero attached hydrogens (tertiary/aromatic N) is 1. The summed E-state index contributed by atoms with van der Waals surface area (Å²) < 4.78 is 0.832. The molecule has 0 bridgehead atoms. The van der Waals surface area contributed by atoms with Crippen LogP contribution in [0.3, 0.4) is 0 Å². The third kappa shape index (κ3) is 3.90. The van der Waals surface area contributed by atoms with Gasteiger partial charge in [0.15, 0.2) is 0 Å². The minimum Gasteiger partial charge on any atom is -0.384 e. The summed E-state index contributed by atoms with van der Waals surface area (Å²) in [5.41, 5.74) is 1.69. The van der Waals surface area contributed by atoms with E-state index >= 15 is 0 Å². The molecule has 2 N–H and O–H groups in total. The molecule has 1 aromatic carbocycles. The Kier molecular flexibility index (Phi) is 5.16. The van der Waals surface area contributed by atoms with Crippen LogP contribution in [-0.2, 0) is 0 Å². The quantitative estimate of drug-likeness (QED) is 0.806. The van der Waals surface area contributed by atoms with Crippen molar-refractivity contribution in [2.45, 2.75) is 6.92 Å². The second-order valence-corrected chi connectivity index (χ2v) is 3.94. The number of anilines is 1. The normalized spacial score (nSPS) is 9.67. The number of benzene rings is 1. The van der Waals surface area contributed by atoms with E-state index in [0.29, 0.717) is 5.56 Å². The van der Waals surface area contributed by atoms with E-state index in [0.717, 1.165) is 29.8 Å².